The number of H-pyrrole nitrogens is 1. The highest BCUT2D eigenvalue weighted by Gasteiger charge is 2.24. The number of aromatic nitrogens is 4. The summed E-state index contributed by atoms with van der Waals surface area (Å²) < 4.78 is 10.7. The molecule has 0 saturated carbocycles. The van der Waals surface area contributed by atoms with Crippen LogP contribution in [0, 0.1) is 0 Å². The van der Waals surface area contributed by atoms with Crippen molar-refractivity contribution in [1.82, 2.24) is 25.1 Å². The Kier molecular flexibility index (Phi) is 5.37. The van der Waals surface area contributed by atoms with E-state index in [4.69, 9.17) is 14.5 Å². The number of ether oxygens (including phenoxy) is 2. The van der Waals surface area contributed by atoms with Gasteiger partial charge in [-0.25, -0.2) is 0 Å². The van der Waals surface area contributed by atoms with Gasteiger partial charge in [0.15, 0.2) is 5.65 Å². The lowest BCUT2D eigenvalue weighted by molar-refractivity contribution is 0.0398. The van der Waals surface area contributed by atoms with Crippen molar-refractivity contribution in [2.45, 2.75) is 13.0 Å². The van der Waals surface area contributed by atoms with Crippen molar-refractivity contribution in [3.8, 4) is 5.75 Å². The zero-order valence-electron chi connectivity index (χ0n) is 17.2. The van der Waals surface area contributed by atoms with Crippen molar-refractivity contribution in [1.29, 1.82) is 0 Å². The SMILES string of the molecule is COc1ccc(CN2CCc3[nH]nc4nc(NCCN5CCOCC5)nc2c34)cc1. The van der Waals surface area contributed by atoms with Crippen LogP contribution < -0.4 is 15.0 Å². The molecule has 158 valence electrons. The van der Waals surface area contributed by atoms with E-state index in [1.807, 2.05) is 12.1 Å². The van der Waals surface area contributed by atoms with Crippen molar-refractivity contribution in [2.75, 3.05) is 63.3 Å². The molecule has 0 bridgehead atoms. The fraction of sp³-hybridized carbons (Fsp3) is 0.476. The van der Waals surface area contributed by atoms with Crippen LogP contribution in [0.1, 0.15) is 11.3 Å². The summed E-state index contributed by atoms with van der Waals surface area (Å²) in [4.78, 5) is 14.2. The lowest BCUT2D eigenvalue weighted by Crippen LogP contribution is -2.39. The number of hydrogen-bond donors (Lipinski definition) is 2. The molecule has 1 fully saturated rings. The smallest absolute Gasteiger partial charge is 0.226 e. The molecule has 4 heterocycles. The normalized spacial score (nSPS) is 16.8. The summed E-state index contributed by atoms with van der Waals surface area (Å²) in [5, 5.41) is 12.0. The van der Waals surface area contributed by atoms with Crippen molar-refractivity contribution < 1.29 is 9.47 Å². The third-order valence-electron chi connectivity index (χ3n) is 5.75. The molecule has 2 aliphatic rings. The van der Waals surface area contributed by atoms with Crippen molar-refractivity contribution >= 4 is 22.8 Å². The zero-order chi connectivity index (χ0) is 20.3. The average molecular weight is 409 g/mol. The molecule has 0 unspecified atom stereocenters. The molecular weight excluding hydrogens is 382 g/mol. The van der Waals surface area contributed by atoms with Crippen LogP contribution in [-0.4, -0.2) is 78.1 Å². The van der Waals surface area contributed by atoms with Crippen LogP contribution >= 0.6 is 0 Å². The number of anilines is 2. The topological polar surface area (TPSA) is 91.4 Å². The fourth-order valence-electron chi connectivity index (χ4n) is 4.06. The number of aromatic amines is 1. The van der Waals surface area contributed by atoms with Gasteiger partial charge < -0.3 is 19.7 Å². The van der Waals surface area contributed by atoms with E-state index < -0.39 is 0 Å². The number of benzene rings is 1. The predicted octanol–water partition coefficient (Wildman–Crippen LogP) is 1.67. The number of nitrogens with one attached hydrogen (secondary N) is 2. The van der Waals surface area contributed by atoms with Crippen molar-refractivity contribution in [3.05, 3.63) is 35.5 Å². The first-order valence-corrected chi connectivity index (χ1v) is 10.5. The minimum atomic E-state index is 0.630. The maximum atomic E-state index is 5.41. The summed E-state index contributed by atoms with van der Waals surface area (Å²) in [5.41, 5.74) is 3.06. The first-order valence-electron chi connectivity index (χ1n) is 10.5. The largest absolute Gasteiger partial charge is 0.497 e. The second-order valence-corrected chi connectivity index (χ2v) is 7.67. The van der Waals surface area contributed by atoms with Crippen LogP contribution in [0.3, 0.4) is 0 Å². The highest BCUT2D eigenvalue weighted by Crippen LogP contribution is 2.32. The van der Waals surface area contributed by atoms with E-state index in [0.29, 0.717) is 5.95 Å². The van der Waals surface area contributed by atoms with Crippen LogP contribution in [0.4, 0.5) is 11.8 Å². The van der Waals surface area contributed by atoms with Crippen molar-refractivity contribution in [2.24, 2.45) is 0 Å². The second kappa shape index (κ2) is 8.45. The first kappa shape index (κ1) is 19.1. The Bertz CT molecular complexity index is 999. The molecule has 30 heavy (non-hydrogen) atoms. The third kappa shape index (κ3) is 3.90. The van der Waals surface area contributed by atoms with Crippen LogP contribution in [0.5, 0.6) is 5.75 Å². The van der Waals surface area contributed by atoms with E-state index in [9.17, 15) is 0 Å². The zero-order valence-corrected chi connectivity index (χ0v) is 17.2. The summed E-state index contributed by atoms with van der Waals surface area (Å²) in [6, 6.07) is 8.20. The molecule has 2 N–H and O–H groups in total. The molecule has 9 heteroatoms. The Morgan fingerprint density at radius 3 is 2.77 bits per heavy atom. The fourth-order valence-corrected chi connectivity index (χ4v) is 4.06. The number of rotatable bonds is 7. The molecule has 2 aliphatic heterocycles. The maximum absolute atomic E-state index is 5.41. The molecule has 9 nitrogen and oxygen atoms in total. The molecule has 3 aromatic rings. The molecule has 0 aliphatic carbocycles. The Balaban J connectivity index is 1.34. The number of morpholine rings is 1. The van der Waals surface area contributed by atoms with Gasteiger partial charge in [-0.1, -0.05) is 12.1 Å². The van der Waals surface area contributed by atoms with Crippen LogP contribution in [-0.2, 0) is 17.7 Å². The molecule has 0 radical (unpaired) electrons. The van der Waals surface area contributed by atoms with E-state index in [0.717, 1.165) is 87.2 Å². The Morgan fingerprint density at radius 1 is 1.13 bits per heavy atom. The van der Waals surface area contributed by atoms with Gasteiger partial charge in [0.05, 0.1) is 31.4 Å². The van der Waals surface area contributed by atoms with Crippen LogP contribution in [0.15, 0.2) is 24.3 Å². The van der Waals surface area contributed by atoms with Gasteiger partial charge in [-0.15, -0.1) is 0 Å². The highest BCUT2D eigenvalue weighted by molar-refractivity contribution is 5.91. The molecule has 5 rings (SSSR count). The second-order valence-electron chi connectivity index (χ2n) is 7.67. The van der Waals surface area contributed by atoms with E-state index in [2.05, 4.69) is 42.4 Å². The van der Waals surface area contributed by atoms with Crippen molar-refractivity contribution in [3.63, 3.8) is 0 Å². The first-order chi connectivity index (χ1) is 14.8. The van der Waals surface area contributed by atoms with E-state index >= 15 is 0 Å². The summed E-state index contributed by atoms with van der Waals surface area (Å²) in [6.07, 6.45) is 0.910. The van der Waals surface area contributed by atoms with Gasteiger partial charge in [-0.2, -0.15) is 15.1 Å². The summed E-state index contributed by atoms with van der Waals surface area (Å²) in [5.74, 6) is 2.44. The Labute approximate surface area is 175 Å². The number of hydrogen-bond acceptors (Lipinski definition) is 8. The maximum Gasteiger partial charge on any atom is 0.226 e. The van der Waals surface area contributed by atoms with Crippen LogP contribution in [0.25, 0.3) is 11.0 Å². The minimum Gasteiger partial charge on any atom is -0.497 e. The van der Waals surface area contributed by atoms with Gasteiger partial charge in [-0.05, 0) is 17.7 Å². The molecule has 0 amide bonds. The van der Waals surface area contributed by atoms with Crippen LogP contribution in [0.2, 0.25) is 0 Å². The lowest BCUT2D eigenvalue weighted by Gasteiger charge is -2.28. The average Bonchev–Trinajstić information content (AvgIpc) is 3.21. The Morgan fingerprint density at radius 2 is 1.97 bits per heavy atom. The molecular formula is C21H27N7O2. The van der Waals surface area contributed by atoms with Gasteiger partial charge in [-0.3, -0.25) is 10.00 Å². The van der Waals surface area contributed by atoms with Gasteiger partial charge in [0, 0.05) is 45.7 Å². The van der Waals surface area contributed by atoms with E-state index in [1.54, 1.807) is 7.11 Å². The molecule has 2 aromatic heterocycles. The van der Waals surface area contributed by atoms with Gasteiger partial charge in [0.25, 0.3) is 0 Å². The van der Waals surface area contributed by atoms with E-state index in [-0.39, 0.29) is 0 Å². The number of methoxy groups -OCH3 is 1. The van der Waals surface area contributed by atoms with Gasteiger partial charge in [0.1, 0.15) is 11.6 Å². The molecule has 0 spiro atoms. The van der Waals surface area contributed by atoms with Gasteiger partial charge >= 0.3 is 0 Å². The summed E-state index contributed by atoms with van der Waals surface area (Å²) in [6.45, 7) is 6.99. The molecule has 1 aromatic carbocycles. The minimum absolute atomic E-state index is 0.630. The van der Waals surface area contributed by atoms with E-state index in [1.165, 1.54) is 5.56 Å². The number of nitrogens with zero attached hydrogens (tertiary/aromatic N) is 5. The predicted molar refractivity (Wildman–Crippen MR) is 115 cm³/mol. The highest BCUT2D eigenvalue weighted by atomic mass is 16.5. The monoisotopic (exact) mass is 409 g/mol. The molecule has 1 saturated heterocycles. The lowest BCUT2D eigenvalue weighted by atomic mass is 10.1. The third-order valence-corrected chi connectivity index (χ3v) is 5.75. The summed E-state index contributed by atoms with van der Waals surface area (Å²) in [7, 11) is 1.69. The summed E-state index contributed by atoms with van der Waals surface area (Å²) >= 11 is 0. The standard InChI is InChI=1S/C21H27N7O2/c1-29-16-4-2-15(3-5-16)14-28-8-6-17-18-19(26-25-17)23-21(24-20(18)28)22-7-9-27-10-12-30-13-11-27/h2-5H,6-14H2,1H3,(H2,22,23,24,25,26). The quantitative estimate of drug-likeness (QED) is 0.609. The van der Waals surface area contributed by atoms with Gasteiger partial charge in [0.2, 0.25) is 5.95 Å². The Hall–Kier alpha value is -2.91. The molecule has 0 atom stereocenters.